The van der Waals surface area contributed by atoms with Crippen LogP contribution in [0.15, 0.2) is 24.3 Å². The van der Waals surface area contributed by atoms with Crippen LogP contribution in [0.25, 0.3) is 0 Å². The minimum Gasteiger partial charge on any atom is -0.462 e. The average molecular weight is 828 g/mol. The second kappa shape index (κ2) is 22.7. The monoisotopic (exact) mass is 827 g/mol. The first-order valence-corrected chi connectivity index (χ1v) is 20.4. The highest BCUT2D eigenvalue weighted by atomic mass is 16.7. The van der Waals surface area contributed by atoms with E-state index in [1.165, 1.54) is 14.0 Å². The fraction of sp³-hybridized carbons (Fsp3) is 0.810. The van der Waals surface area contributed by atoms with E-state index in [0.717, 1.165) is 0 Å². The van der Waals surface area contributed by atoms with Crippen molar-refractivity contribution < 1.29 is 72.4 Å². The lowest BCUT2D eigenvalue weighted by molar-refractivity contribution is -0.344. The van der Waals surface area contributed by atoms with Crippen LogP contribution in [0, 0.1) is 17.8 Å². The van der Waals surface area contributed by atoms with Crippen LogP contribution in [0.4, 0.5) is 0 Å². The van der Waals surface area contributed by atoms with Crippen molar-refractivity contribution in [1.29, 1.82) is 0 Å². The zero-order chi connectivity index (χ0) is 43.5. The van der Waals surface area contributed by atoms with E-state index in [4.69, 9.17) is 37.9 Å². The van der Waals surface area contributed by atoms with E-state index in [0.29, 0.717) is 12.7 Å². The summed E-state index contributed by atoms with van der Waals surface area (Å²) in [6, 6.07) is -0.782. The summed E-state index contributed by atoms with van der Waals surface area (Å²) in [5, 5.41) is 34.6. The lowest BCUT2D eigenvalue weighted by atomic mass is 9.82. The molecule has 3 aliphatic rings. The van der Waals surface area contributed by atoms with Crippen molar-refractivity contribution in [1.82, 2.24) is 4.90 Å². The second-order valence-corrected chi connectivity index (χ2v) is 17.0. The Balaban J connectivity index is 1.98. The molecule has 2 fully saturated rings. The predicted octanol–water partition coefficient (Wildman–Crippen LogP) is 3.01. The van der Waals surface area contributed by atoms with E-state index in [1.807, 2.05) is 20.8 Å². The summed E-state index contributed by atoms with van der Waals surface area (Å²) in [7, 11) is 4.86. The van der Waals surface area contributed by atoms with Crippen molar-refractivity contribution in [2.75, 3.05) is 21.2 Å². The first kappa shape index (κ1) is 49.6. The highest BCUT2D eigenvalue weighted by Gasteiger charge is 2.53. The molecular weight excluding hydrogens is 758 g/mol. The van der Waals surface area contributed by atoms with Gasteiger partial charge in [0.1, 0.15) is 42.4 Å². The number of cyclic esters (lactones) is 1. The Morgan fingerprint density at radius 3 is 2.29 bits per heavy atom. The number of hydrogen-bond donors (Lipinski definition) is 3. The third-order valence-corrected chi connectivity index (χ3v) is 10.9. The van der Waals surface area contributed by atoms with Gasteiger partial charge in [0.2, 0.25) is 0 Å². The number of aliphatic hydroxyl groups excluding tert-OH is 2. The van der Waals surface area contributed by atoms with Crippen LogP contribution in [-0.4, -0.2) is 151 Å². The number of aliphatic hydroxyl groups is 3. The molecule has 0 aromatic rings. The van der Waals surface area contributed by atoms with Crippen molar-refractivity contribution in [2.45, 2.75) is 179 Å². The van der Waals surface area contributed by atoms with Crippen LogP contribution >= 0.6 is 0 Å². The number of nitrogens with zero attached hydrogens (tertiary/aromatic N) is 1. The molecule has 16 heteroatoms. The van der Waals surface area contributed by atoms with Crippen LogP contribution < -0.4 is 0 Å². The molecule has 16 atom stereocenters. The summed E-state index contributed by atoms with van der Waals surface area (Å²) in [5.41, 5.74) is -1.50. The van der Waals surface area contributed by atoms with Crippen molar-refractivity contribution in [3.8, 4) is 0 Å². The molecule has 0 bridgehead atoms. The fourth-order valence-corrected chi connectivity index (χ4v) is 8.08. The smallest absolute Gasteiger partial charge is 0.309 e. The summed E-state index contributed by atoms with van der Waals surface area (Å²) in [6.45, 7) is 13.5. The topological polar surface area (TPSA) is 206 Å². The van der Waals surface area contributed by atoms with Gasteiger partial charge in [-0.25, -0.2) is 0 Å². The van der Waals surface area contributed by atoms with E-state index < -0.39 is 121 Å². The quantitative estimate of drug-likeness (QED) is 0.147. The molecule has 3 heterocycles. The number of allylic oxidation sites excluding steroid dienone is 2. The third kappa shape index (κ3) is 14.2. The normalized spacial score (nSPS) is 40.7. The van der Waals surface area contributed by atoms with Gasteiger partial charge in [-0.05, 0) is 66.0 Å². The zero-order valence-electron chi connectivity index (χ0n) is 36.1. The molecule has 0 aliphatic carbocycles. The van der Waals surface area contributed by atoms with E-state index in [9.17, 15) is 34.5 Å². The number of carbonyl (C=O) groups is 4. The van der Waals surface area contributed by atoms with E-state index in [1.54, 1.807) is 71.0 Å². The van der Waals surface area contributed by atoms with Gasteiger partial charge in [-0.1, -0.05) is 45.1 Å². The van der Waals surface area contributed by atoms with Gasteiger partial charge in [0.25, 0.3) is 0 Å². The average Bonchev–Trinajstić information content (AvgIpc) is 3.09. The zero-order valence-corrected chi connectivity index (χ0v) is 36.1. The maximum absolute atomic E-state index is 13.2. The van der Waals surface area contributed by atoms with Gasteiger partial charge in [-0.15, -0.1) is 0 Å². The Kier molecular flexibility index (Phi) is 19.4. The first-order valence-electron chi connectivity index (χ1n) is 20.4. The lowest BCUT2D eigenvalue weighted by Crippen LogP contribution is -2.66. The molecular formula is C42H69NO15. The number of hydrogen-bond acceptors (Lipinski definition) is 16. The number of likely N-dealkylation sites (N-methyl/N-ethyl adjacent to an activating group) is 1. The van der Waals surface area contributed by atoms with E-state index >= 15 is 0 Å². The summed E-state index contributed by atoms with van der Waals surface area (Å²) in [4.78, 5) is 52.3. The molecule has 16 nitrogen and oxygen atoms in total. The van der Waals surface area contributed by atoms with Crippen molar-refractivity contribution in [3.63, 3.8) is 0 Å². The Labute approximate surface area is 343 Å². The molecule has 3 aliphatic heterocycles. The van der Waals surface area contributed by atoms with E-state index in [-0.39, 0.29) is 31.6 Å². The summed E-state index contributed by atoms with van der Waals surface area (Å²) in [6.07, 6.45) is -4.11. The molecule has 0 aromatic carbocycles. The van der Waals surface area contributed by atoms with Crippen LogP contribution in [0.5, 0.6) is 0 Å². The SMILES string of the molecule is CO[C@H]1[C@@H](O[C@@H]2O[C@H](C)[C@@H](O[C@H]3C[C@@](C)(O)[C@@H](OC(=O)CC(C)C)[C@H](C)O3)[C@H](N(C)C)[C@H]2O)[C@H](CC=O)C[C@@H](C)[C@@H](O)/C=C/C=C\C[C@@H](C)OC(=O)C[C@H]1OC(C)=O. The van der Waals surface area contributed by atoms with Gasteiger partial charge >= 0.3 is 17.9 Å². The molecule has 332 valence electrons. The fourth-order valence-electron chi connectivity index (χ4n) is 8.08. The number of esters is 3. The Morgan fingerprint density at radius 2 is 1.71 bits per heavy atom. The van der Waals surface area contributed by atoms with Crippen LogP contribution in [0.1, 0.15) is 93.9 Å². The summed E-state index contributed by atoms with van der Waals surface area (Å²) < 4.78 is 48.6. The number of aldehydes is 1. The minimum atomic E-state index is -1.50. The van der Waals surface area contributed by atoms with Crippen LogP contribution in [0.3, 0.4) is 0 Å². The van der Waals surface area contributed by atoms with Gasteiger partial charge in [-0.3, -0.25) is 14.4 Å². The molecule has 0 saturated carbocycles. The molecule has 0 unspecified atom stereocenters. The Hall–Kier alpha value is -2.80. The van der Waals surface area contributed by atoms with Gasteiger partial charge < -0.3 is 62.9 Å². The van der Waals surface area contributed by atoms with Gasteiger partial charge in [-0.2, -0.15) is 0 Å². The second-order valence-electron chi connectivity index (χ2n) is 17.0. The van der Waals surface area contributed by atoms with E-state index in [2.05, 4.69) is 0 Å². The molecule has 0 amide bonds. The minimum absolute atomic E-state index is 0.0460. The van der Waals surface area contributed by atoms with Crippen LogP contribution in [-0.2, 0) is 57.1 Å². The molecule has 0 radical (unpaired) electrons. The maximum atomic E-state index is 13.2. The Bertz CT molecular complexity index is 1390. The van der Waals surface area contributed by atoms with Gasteiger partial charge in [0, 0.05) is 39.7 Å². The number of methoxy groups -OCH3 is 1. The predicted molar refractivity (Wildman–Crippen MR) is 210 cm³/mol. The van der Waals surface area contributed by atoms with Gasteiger partial charge in [0.05, 0.1) is 36.9 Å². The molecule has 0 aromatic heterocycles. The summed E-state index contributed by atoms with van der Waals surface area (Å²) in [5.74, 6) is -2.82. The number of ether oxygens (including phenoxy) is 8. The van der Waals surface area contributed by atoms with Gasteiger partial charge in [0.15, 0.2) is 18.7 Å². The standard InChI is InChI=1S/C42H69NO15/c1-23(2)19-32(47)56-40-27(6)53-34(22-42(40,8)50)57-37-26(5)54-41(36(49)35(37)43(9)10)58-38-29(17-18-44)20-24(3)30(46)16-14-12-13-15-25(4)52-33(48)21-31(39(38)51-11)55-28(7)45/h12-14,16,18,23-27,29-31,34-41,46,49-50H,15,17,19-22H2,1-11H3/b13-12-,16-14+/t24-,25-,26-,27+,29-,30+,31-,34+,35-,36-,37-,38+,39-,40+,41+,42-/m1/s1. The molecule has 0 spiro atoms. The Morgan fingerprint density at radius 1 is 1.02 bits per heavy atom. The largest absolute Gasteiger partial charge is 0.462 e. The maximum Gasteiger partial charge on any atom is 0.309 e. The molecule has 2 saturated heterocycles. The molecule has 3 N–H and O–H groups in total. The molecule has 3 rings (SSSR count). The van der Waals surface area contributed by atoms with Crippen molar-refractivity contribution >= 4 is 24.2 Å². The van der Waals surface area contributed by atoms with Crippen molar-refractivity contribution in [3.05, 3.63) is 24.3 Å². The first-order chi connectivity index (χ1) is 27.2. The lowest BCUT2D eigenvalue weighted by Gasteiger charge is -2.50. The summed E-state index contributed by atoms with van der Waals surface area (Å²) >= 11 is 0. The highest BCUT2D eigenvalue weighted by molar-refractivity contribution is 5.72. The molecule has 58 heavy (non-hydrogen) atoms. The van der Waals surface area contributed by atoms with Crippen LogP contribution in [0.2, 0.25) is 0 Å². The number of carbonyl (C=O) groups excluding carboxylic acids is 4. The van der Waals surface area contributed by atoms with Crippen molar-refractivity contribution in [2.24, 2.45) is 17.8 Å². The highest BCUT2D eigenvalue weighted by Crippen LogP contribution is 2.38. The third-order valence-electron chi connectivity index (χ3n) is 10.9. The number of rotatable bonds is 12.